The van der Waals surface area contributed by atoms with E-state index >= 15 is 0 Å². The second-order valence-electron chi connectivity index (χ2n) is 5.87. The van der Waals surface area contributed by atoms with Crippen molar-refractivity contribution >= 4 is 11.8 Å². The van der Waals surface area contributed by atoms with Gasteiger partial charge in [0.15, 0.2) is 0 Å². The molecule has 0 saturated carbocycles. The SMILES string of the molecule is CC(C)C(CNC(=O)CN1CCCC1=O)C(C)C. The monoisotopic (exact) mass is 254 g/mol. The van der Waals surface area contributed by atoms with Gasteiger partial charge < -0.3 is 10.2 Å². The first-order valence-corrected chi connectivity index (χ1v) is 6.96. The fourth-order valence-corrected chi connectivity index (χ4v) is 2.57. The molecule has 4 nitrogen and oxygen atoms in total. The molecule has 0 aromatic rings. The van der Waals surface area contributed by atoms with Crippen LogP contribution in [0.1, 0.15) is 40.5 Å². The smallest absolute Gasteiger partial charge is 0.239 e. The first-order chi connectivity index (χ1) is 8.41. The molecule has 1 N–H and O–H groups in total. The number of likely N-dealkylation sites (tertiary alicyclic amines) is 1. The van der Waals surface area contributed by atoms with Crippen LogP contribution in [0.4, 0.5) is 0 Å². The third kappa shape index (κ3) is 4.31. The quantitative estimate of drug-likeness (QED) is 0.783. The van der Waals surface area contributed by atoms with Crippen molar-refractivity contribution < 1.29 is 9.59 Å². The molecular formula is C14H26N2O2. The van der Waals surface area contributed by atoms with Crippen LogP contribution in [-0.4, -0.2) is 36.3 Å². The molecule has 0 radical (unpaired) electrons. The highest BCUT2D eigenvalue weighted by atomic mass is 16.2. The maximum Gasteiger partial charge on any atom is 0.239 e. The second-order valence-corrected chi connectivity index (χ2v) is 5.87. The van der Waals surface area contributed by atoms with E-state index in [0.29, 0.717) is 30.7 Å². The van der Waals surface area contributed by atoms with Crippen molar-refractivity contribution in [3.05, 3.63) is 0 Å². The van der Waals surface area contributed by atoms with Gasteiger partial charge in [-0.2, -0.15) is 0 Å². The summed E-state index contributed by atoms with van der Waals surface area (Å²) in [7, 11) is 0. The van der Waals surface area contributed by atoms with Crippen molar-refractivity contribution in [1.29, 1.82) is 0 Å². The van der Waals surface area contributed by atoms with Crippen molar-refractivity contribution in [2.75, 3.05) is 19.6 Å². The fourth-order valence-electron chi connectivity index (χ4n) is 2.57. The number of hydrogen-bond acceptors (Lipinski definition) is 2. The molecule has 0 bridgehead atoms. The Balaban J connectivity index is 2.33. The predicted molar refractivity (Wildman–Crippen MR) is 72.0 cm³/mol. The molecule has 4 heteroatoms. The van der Waals surface area contributed by atoms with Crippen molar-refractivity contribution in [2.24, 2.45) is 17.8 Å². The minimum absolute atomic E-state index is 0.0310. The maximum atomic E-state index is 11.8. The first-order valence-electron chi connectivity index (χ1n) is 6.96. The number of carbonyl (C=O) groups excluding carboxylic acids is 2. The molecule has 2 amide bonds. The van der Waals surface area contributed by atoms with Crippen molar-refractivity contribution in [3.8, 4) is 0 Å². The number of carbonyl (C=O) groups is 2. The zero-order valence-electron chi connectivity index (χ0n) is 12.0. The van der Waals surface area contributed by atoms with Gasteiger partial charge in [-0.25, -0.2) is 0 Å². The van der Waals surface area contributed by atoms with E-state index in [9.17, 15) is 9.59 Å². The lowest BCUT2D eigenvalue weighted by atomic mass is 9.85. The summed E-state index contributed by atoms with van der Waals surface area (Å²) in [6, 6.07) is 0. The number of hydrogen-bond donors (Lipinski definition) is 1. The Kier molecular flexibility index (Phi) is 5.63. The Labute approximate surface area is 110 Å². The lowest BCUT2D eigenvalue weighted by Gasteiger charge is -2.25. The molecular weight excluding hydrogens is 228 g/mol. The molecule has 1 rings (SSSR count). The predicted octanol–water partition coefficient (Wildman–Crippen LogP) is 1.65. The Hall–Kier alpha value is -1.06. The van der Waals surface area contributed by atoms with E-state index in [1.54, 1.807) is 4.90 Å². The van der Waals surface area contributed by atoms with Crippen LogP contribution in [0.25, 0.3) is 0 Å². The van der Waals surface area contributed by atoms with Gasteiger partial charge in [0.05, 0.1) is 6.54 Å². The van der Waals surface area contributed by atoms with Crippen molar-refractivity contribution in [2.45, 2.75) is 40.5 Å². The zero-order chi connectivity index (χ0) is 13.7. The van der Waals surface area contributed by atoms with Crippen LogP contribution in [0.15, 0.2) is 0 Å². The van der Waals surface area contributed by atoms with Crippen LogP contribution >= 0.6 is 0 Å². The van der Waals surface area contributed by atoms with E-state index in [2.05, 4.69) is 33.0 Å². The highest BCUT2D eigenvalue weighted by Gasteiger charge is 2.23. The highest BCUT2D eigenvalue weighted by molar-refractivity contribution is 5.85. The maximum absolute atomic E-state index is 11.8. The van der Waals surface area contributed by atoms with E-state index in [1.165, 1.54) is 0 Å². The topological polar surface area (TPSA) is 49.4 Å². The van der Waals surface area contributed by atoms with E-state index in [0.717, 1.165) is 13.0 Å². The van der Waals surface area contributed by atoms with E-state index in [-0.39, 0.29) is 18.4 Å². The summed E-state index contributed by atoms with van der Waals surface area (Å²) in [4.78, 5) is 24.8. The van der Waals surface area contributed by atoms with E-state index in [4.69, 9.17) is 0 Å². The van der Waals surface area contributed by atoms with Crippen LogP contribution in [0.5, 0.6) is 0 Å². The van der Waals surface area contributed by atoms with Gasteiger partial charge in [0.2, 0.25) is 11.8 Å². The van der Waals surface area contributed by atoms with Gasteiger partial charge in [0.1, 0.15) is 0 Å². The Morgan fingerprint density at radius 3 is 2.33 bits per heavy atom. The first kappa shape index (κ1) is 15.0. The second kappa shape index (κ2) is 6.76. The van der Waals surface area contributed by atoms with Crippen LogP contribution in [0.2, 0.25) is 0 Å². The summed E-state index contributed by atoms with van der Waals surface area (Å²) >= 11 is 0. The highest BCUT2D eigenvalue weighted by Crippen LogP contribution is 2.19. The molecule has 0 aromatic carbocycles. The molecule has 18 heavy (non-hydrogen) atoms. The van der Waals surface area contributed by atoms with Crippen LogP contribution < -0.4 is 5.32 Å². The standard InChI is InChI=1S/C14H26N2O2/c1-10(2)12(11(3)4)8-15-13(17)9-16-7-5-6-14(16)18/h10-12H,5-9H2,1-4H3,(H,15,17). The molecule has 0 unspecified atom stereocenters. The summed E-state index contributed by atoms with van der Waals surface area (Å²) in [6.45, 7) is 10.4. The lowest BCUT2D eigenvalue weighted by Crippen LogP contribution is -2.41. The Bertz CT molecular complexity index is 292. The summed E-state index contributed by atoms with van der Waals surface area (Å²) in [5.74, 6) is 1.67. The molecule has 1 saturated heterocycles. The molecule has 0 aliphatic carbocycles. The van der Waals surface area contributed by atoms with Crippen molar-refractivity contribution in [1.82, 2.24) is 10.2 Å². The van der Waals surface area contributed by atoms with Gasteiger partial charge in [0.25, 0.3) is 0 Å². The van der Waals surface area contributed by atoms with Crippen LogP contribution in [0.3, 0.4) is 0 Å². The third-order valence-corrected chi connectivity index (χ3v) is 3.75. The molecule has 0 aromatic heterocycles. The third-order valence-electron chi connectivity index (χ3n) is 3.75. The lowest BCUT2D eigenvalue weighted by molar-refractivity contribution is -0.133. The number of amides is 2. The molecule has 104 valence electrons. The molecule has 0 spiro atoms. The summed E-state index contributed by atoms with van der Waals surface area (Å²) in [5.41, 5.74) is 0. The molecule has 0 atom stereocenters. The van der Waals surface area contributed by atoms with Crippen LogP contribution in [0, 0.1) is 17.8 Å². The number of nitrogens with one attached hydrogen (secondary N) is 1. The molecule has 1 aliphatic rings. The van der Waals surface area contributed by atoms with Crippen molar-refractivity contribution in [3.63, 3.8) is 0 Å². The minimum Gasteiger partial charge on any atom is -0.354 e. The summed E-state index contributed by atoms with van der Waals surface area (Å²) in [5, 5.41) is 2.96. The van der Waals surface area contributed by atoms with Gasteiger partial charge in [-0.05, 0) is 24.2 Å². The largest absolute Gasteiger partial charge is 0.354 e. The summed E-state index contributed by atoms with van der Waals surface area (Å²) in [6.07, 6.45) is 1.47. The van der Waals surface area contributed by atoms with Gasteiger partial charge in [-0.3, -0.25) is 9.59 Å². The molecule has 1 heterocycles. The molecule has 1 aliphatic heterocycles. The average molecular weight is 254 g/mol. The number of rotatable bonds is 6. The van der Waals surface area contributed by atoms with Gasteiger partial charge in [-0.1, -0.05) is 27.7 Å². The van der Waals surface area contributed by atoms with Crippen LogP contribution in [-0.2, 0) is 9.59 Å². The van der Waals surface area contributed by atoms with E-state index in [1.807, 2.05) is 0 Å². The van der Waals surface area contributed by atoms with E-state index < -0.39 is 0 Å². The van der Waals surface area contributed by atoms with Gasteiger partial charge >= 0.3 is 0 Å². The average Bonchev–Trinajstić information content (AvgIpc) is 2.63. The fraction of sp³-hybridized carbons (Fsp3) is 0.857. The molecule has 1 fully saturated rings. The minimum atomic E-state index is -0.0310. The Morgan fingerprint density at radius 1 is 1.28 bits per heavy atom. The van der Waals surface area contributed by atoms with Gasteiger partial charge in [0, 0.05) is 19.5 Å². The summed E-state index contributed by atoms with van der Waals surface area (Å²) < 4.78 is 0. The van der Waals surface area contributed by atoms with Gasteiger partial charge in [-0.15, -0.1) is 0 Å². The normalized spacial score (nSPS) is 16.2. The number of nitrogens with zero attached hydrogens (tertiary/aromatic N) is 1. The zero-order valence-corrected chi connectivity index (χ0v) is 12.0. The Morgan fingerprint density at radius 2 is 1.89 bits per heavy atom.